The van der Waals surface area contributed by atoms with Crippen molar-refractivity contribution in [1.29, 1.82) is 0 Å². The number of fused-ring (bicyclic) bond motifs is 1. The molecule has 1 spiro atoms. The smallest absolute Gasteiger partial charge is 0.410 e. The molecule has 1 aromatic heterocycles. The minimum atomic E-state index is -0.345. The lowest BCUT2D eigenvalue weighted by Crippen LogP contribution is -2.42. The van der Waals surface area contributed by atoms with Gasteiger partial charge in [-0.25, -0.2) is 14.6 Å². The summed E-state index contributed by atoms with van der Waals surface area (Å²) in [5.41, 5.74) is 2.32. The summed E-state index contributed by atoms with van der Waals surface area (Å²) in [5, 5.41) is 0. The molecule has 0 unspecified atom stereocenters. The number of carbonyl (C=O) groups is 1. The number of ether oxygens (including phenoxy) is 1. The van der Waals surface area contributed by atoms with Crippen LogP contribution in [0.25, 0.3) is 15.9 Å². The molecule has 6 nitrogen and oxygen atoms in total. The molecule has 0 radical (unpaired) electrons. The fraction of sp³-hybridized carbons (Fsp3) is 0.609. The van der Waals surface area contributed by atoms with Gasteiger partial charge in [-0.15, -0.1) is 0 Å². The topological polar surface area (TPSA) is 51.7 Å². The predicted molar refractivity (Wildman–Crippen MR) is 113 cm³/mol. The zero-order chi connectivity index (χ0) is 20.6. The Morgan fingerprint density at radius 3 is 3.00 bits per heavy atom. The van der Waals surface area contributed by atoms with Crippen molar-refractivity contribution in [1.82, 2.24) is 14.5 Å². The van der Waals surface area contributed by atoms with Crippen LogP contribution < -0.4 is 0 Å². The number of hydrogen-bond acceptors (Lipinski definition) is 3. The zero-order valence-corrected chi connectivity index (χ0v) is 17.6. The van der Waals surface area contributed by atoms with E-state index in [-0.39, 0.29) is 17.1 Å². The molecule has 29 heavy (non-hydrogen) atoms. The Morgan fingerprint density at radius 2 is 2.24 bits per heavy atom. The molecule has 1 aliphatic heterocycles. The third-order valence-electron chi connectivity index (χ3n) is 6.71. The summed E-state index contributed by atoms with van der Waals surface area (Å²) >= 11 is 0. The van der Waals surface area contributed by atoms with E-state index in [0.29, 0.717) is 18.2 Å². The van der Waals surface area contributed by atoms with Crippen LogP contribution in [0.4, 0.5) is 10.5 Å². The molecule has 1 saturated heterocycles. The second-order valence-electron chi connectivity index (χ2n) is 9.57. The average molecular weight is 395 g/mol. The lowest BCUT2D eigenvalue weighted by molar-refractivity contribution is 0.00411. The molecule has 2 aliphatic rings. The highest BCUT2D eigenvalue weighted by atomic mass is 16.6. The van der Waals surface area contributed by atoms with Crippen molar-refractivity contribution in [2.24, 2.45) is 11.3 Å². The molecule has 1 amide bonds. The van der Waals surface area contributed by atoms with Crippen LogP contribution in [0.3, 0.4) is 0 Å². The largest absolute Gasteiger partial charge is 0.441 e. The summed E-state index contributed by atoms with van der Waals surface area (Å²) in [6.07, 6.45) is 6.80. The summed E-state index contributed by atoms with van der Waals surface area (Å²) in [5.74, 6) is 0.435. The number of hydrogen-bond donors (Lipinski definition) is 0. The minimum Gasteiger partial charge on any atom is -0.441 e. The Morgan fingerprint density at radius 1 is 1.41 bits per heavy atom. The van der Waals surface area contributed by atoms with Gasteiger partial charge in [-0.2, -0.15) is 0 Å². The van der Waals surface area contributed by atoms with E-state index in [1.807, 2.05) is 29.4 Å². The number of benzene rings is 1. The van der Waals surface area contributed by atoms with Gasteiger partial charge in [0.1, 0.15) is 5.60 Å². The molecule has 1 aromatic carbocycles. The van der Waals surface area contributed by atoms with Crippen molar-refractivity contribution in [3.8, 4) is 0 Å². The molecule has 6 heteroatoms. The zero-order valence-electron chi connectivity index (χ0n) is 17.6. The summed E-state index contributed by atoms with van der Waals surface area (Å²) in [6.45, 7) is 16.1. The van der Waals surface area contributed by atoms with E-state index in [1.54, 1.807) is 0 Å². The molecular weight excluding hydrogens is 364 g/mol. The third-order valence-corrected chi connectivity index (χ3v) is 6.71. The van der Waals surface area contributed by atoms with E-state index in [9.17, 15) is 4.79 Å². The van der Waals surface area contributed by atoms with Crippen molar-refractivity contribution < 1.29 is 9.53 Å². The van der Waals surface area contributed by atoms with E-state index < -0.39 is 0 Å². The standard InChI is InChI=1S/C23H30N4O2/c1-5-22(2,3)14-27-15-23(29-21(27)28)10-6-7-17(12-23)13-26-16-25-19-9-8-18(24-4)11-20(19)26/h8-9,11,16-17H,5-7,10,12-15H2,1-3H3/t17-,23-/m0/s1. The minimum absolute atomic E-state index is 0.106. The van der Waals surface area contributed by atoms with Crippen LogP contribution in [0.1, 0.15) is 52.9 Å². The van der Waals surface area contributed by atoms with Gasteiger partial charge in [0.05, 0.1) is 30.5 Å². The summed E-state index contributed by atoms with van der Waals surface area (Å²) in [7, 11) is 0. The lowest BCUT2D eigenvalue weighted by atomic mass is 9.77. The molecule has 2 fully saturated rings. The van der Waals surface area contributed by atoms with Gasteiger partial charge >= 0.3 is 6.09 Å². The van der Waals surface area contributed by atoms with E-state index in [4.69, 9.17) is 11.3 Å². The Balaban J connectivity index is 1.48. The Kier molecular flexibility index (Phi) is 5.02. The molecule has 154 valence electrons. The quantitative estimate of drug-likeness (QED) is 0.638. The van der Waals surface area contributed by atoms with E-state index in [2.05, 4.69) is 35.2 Å². The molecular formula is C23H30N4O2. The second-order valence-corrected chi connectivity index (χ2v) is 9.57. The van der Waals surface area contributed by atoms with Gasteiger partial charge in [-0.1, -0.05) is 26.8 Å². The Labute approximate surface area is 172 Å². The summed E-state index contributed by atoms with van der Waals surface area (Å²) in [6, 6.07) is 5.64. The van der Waals surface area contributed by atoms with Gasteiger partial charge in [-0.05, 0) is 55.6 Å². The predicted octanol–water partition coefficient (Wildman–Crippen LogP) is 5.40. The number of amides is 1. The van der Waals surface area contributed by atoms with Crippen LogP contribution in [0.2, 0.25) is 0 Å². The highest BCUT2D eigenvalue weighted by Crippen LogP contribution is 2.41. The molecule has 1 aliphatic carbocycles. The van der Waals surface area contributed by atoms with Crippen LogP contribution in [0, 0.1) is 17.9 Å². The number of nitrogens with zero attached hydrogens (tertiary/aromatic N) is 4. The molecule has 2 atom stereocenters. The Bertz CT molecular complexity index is 957. The van der Waals surface area contributed by atoms with Gasteiger partial charge in [0.15, 0.2) is 5.69 Å². The normalized spacial score (nSPS) is 24.8. The molecule has 2 heterocycles. The monoisotopic (exact) mass is 394 g/mol. The number of imidazole rings is 1. The van der Waals surface area contributed by atoms with Crippen LogP contribution in [0.15, 0.2) is 24.5 Å². The first-order valence-corrected chi connectivity index (χ1v) is 10.6. The molecule has 0 N–H and O–H groups in total. The molecule has 4 rings (SSSR count). The highest BCUT2D eigenvalue weighted by molar-refractivity contribution is 5.79. The molecule has 1 saturated carbocycles. The van der Waals surface area contributed by atoms with Crippen LogP contribution in [0.5, 0.6) is 0 Å². The van der Waals surface area contributed by atoms with Gasteiger partial charge < -0.3 is 14.2 Å². The first-order valence-electron chi connectivity index (χ1n) is 10.6. The number of rotatable bonds is 5. The SMILES string of the molecule is [C-]#[N+]c1ccc2ncn(C[C@H]3CCC[C@]4(C3)CN(CC(C)(C)CC)C(=O)O4)c2c1. The van der Waals surface area contributed by atoms with Crippen molar-refractivity contribution in [2.75, 3.05) is 13.1 Å². The first kappa shape index (κ1) is 19.8. The second kappa shape index (κ2) is 7.37. The van der Waals surface area contributed by atoms with Crippen LogP contribution >= 0.6 is 0 Å². The Hall–Kier alpha value is -2.55. The van der Waals surface area contributed by atoms with E-state index in [0.717, 1.165) is 56.2 Å². The fourth-order valence-electron chi connectivity index (χ4n) is 4.82. The van der Waals surface area contributed by atoms with Gasteiger partial charge in [-0.3, -0.25) is 0 Å². The van der Waals surface area contributed by atoms with Crippen molar-refractivity contribution in [2.45, 2.75) is 65.0 Å². The lowest BCUT2D eigenvalue weighted by Gasteiger charge is -2.36. The average Bonchev–Trinajstić information content (AvgIpc) is 3.21. The highest BCUT2D eigenvalue weighted by Gasteiger charge is 2.48. The van der Waals surface area contributed by atoms with Crippen molar-refractivity contribution in [3.63, 3.8) is 0 Å². The maximum absolute atomic E-state index is 12.6. The first-order chi connectivity index (χ1) is 13.8. The van der Waals surface area contributed by atoms with E-state index >= 15 is 0 Å². The maximum atomic E-state index is 12.6. The third kappa shape index (κ3) is 3.96. The molecule has 2 aromatic rings. The molecule has 0 bridgehead atoms. The van der Waals surface area contributed by atoms with Gasteiger partial charge in [0, 0.05) is 13.1 Å². The van der Waals surface area contributed by atoms with Crippen molar-refractivity contribution in [3.05, 3.63) is 35.9 Å². The van der Waals surface area contributed by atoms with E-state index in [1.165, 1.54) is 0 Å². The van der Waals surface area contributed by atoms with Gasteiger partial charge in [0.25, 0.3) is 0 Å². The summed E-state index contributed by atoms with van der Waals surface area (Å²) < 4.78 is 8.14. The number of aromatic nitrogens is 2. The van der Waals surface area contributed by atoms with Crippen LogP contribution in [-0.2, 0) is 11.3 Å². The fourth-order valence-corrected chi connectivity index (χ4v) is 4.82. The van der Waals surface area contributed by atoms with Gasteiger partial charge in [0.2, 0.25) is 0 Å². The maximum Gasteiger partial charge on any atom is 0.410 e. The van der Waals surface area contributed by atoms with Crippen molar-refractivity contribution >= 4 is 22.8 Å². The summed E-state index contributed by atoms with van der Waals surface area (Å²) in [4.78, 5) is 22.5. The van der Waals surface area contributed by atoms with Crippen LogP contribution in [-0.4, -0.2) is 39.2 Å². The number of carbonyl (C=O) groups excluding carboxylic acids is 1.